The van der Waals surface area contributed by atoms with Crippen LogP contribution in [-0.4, -0.2) is 38.3 Å². The zero-order valence-electron chi connectivity index (χ0n) is 18.5. The van der Waals surface area contributed by atoms with E-state index in [0.717, 1.165) is 33.4 Å². The molecule has 10 heteroatoms. The number of ether oxygens (including phenoxy) is 1. The average molecular weight is 460 g/mol. The van der Waals surface area contributed by atoms with Gasteiger partial charge >= 0.3 is 5.76 Å². The van der Waals surface area contributed by atoms with Gasteiger partial charge < -0.3 is 14.6 Å². The molecule has 0 bridgehead atoms. The van der Waals surface area contributed by atoms with Crippen molar-refractivity contribution in [3.05, 3.63) is 76.9 Å². The Kier molecular flexibility index (Phi) is 5.54. The molecule has 5 rings (SSSR count). The molecule has 0 spiro atoms. The maximum absolute atomic E-state index is 14.0. The zero-order valence-corrected chi connectivity index (χ0v) is 18.5. The van der Waals surface area contributed by atoms with Gasteiger partial charge in [0.05, 0.1) is 18.3 Å². The molecule has 0 atom stereocenters. The highest BCUT2D eigenvalue weighted by atomic mass is 19.1. The topological polar surface area (TPSA) is 111 Å². The predicted octanol–water partition coefficient (Wildman–Crippen LogP) is 4.01. The Bertz CT molecular complexity index is 1520. The van der Waals surface area contributed by atoms with Crippen molar-refractivity contribution in [1.29, 1.82) is 0 Å². The Hall–Kier alpha value is -4.47. The van der Waals surface area contributed by atoms with Crippen molar-refractivity contribution < 1.29 is 13.7 Å². The maximum Gasteiger partial charge on any atom is 0.439 e. The summed E-state index contributed by atoms with van der Waals surface area (Å²) in [6.07, 6.45) is 1.50. The third-order valence-electron chi connectivity index (χ3n) is 5.58. The fourth-order valence-corrected chi connectivity index (χ4v) is 3.95. The first-order chi connectivity index (χ1) is 16.5. The third kappa shape index (κ3) is 4.13. The van der Waals surface area contributed by atoms with Gasteiger partial charge in [-0.25, -0.2) is 19.2 Å². The van der Waals surface area contributed by atoms with Crippen LogP contribution >= 0.6 is 0 Å². The fourth-order valence-electron chi connectivity index (χ4n) is 3.95. The second-order valence-corrected chi connectivity index (χ2v) is 7.71. The van der Waals surface area contributed by atoms with Crippen molar-refractivity contribution in [2.75, 3.05) is 19.0 Å². The molecule has 3 heterocycles. The summed E-state index contributed by atoms with van der Waals surface area (Å²) in [6.45, 7) is 3.18. The monoisotopic (exact) mass is 460 g/mol. The summed E-state index contributed by atoms with van der Waals surface area (Å²) >= 11 is 0. The van der Waals surface area contributed by atoms with Crippen LogP contribution in [0.3, 0.4) is 0 Å². The summed E-state index contributed by atoms with van der Waals surface area (Å²) < 4.78 is 26.0. The van der Waals surface area contributed by atoms with E-state index in [9.17, 15) is 9.18 Å². The number of aromatic amines is 1. The van der Waals surface area contributed by atoms with Gasteiger partial charge in [0.1, 0.15) is 23.7 Å². The van der Waals surface area contributed by atoms with E-state index in [-0.39, 0.29) is 5.82 Å². The van der Waals surface area contributed by atoms with Gasteiger partial charge in [0.2, 0.25) is 0 Å². The van der Waals surface area contributed by atoms with E-state index in [1.807, 2.05) is 47.9 Å². The highest BCUT2D eigenvalue weighted by molar-refractivity contribution is 5.87. The van der Waals surface area contributed by atoms with E-state index in [0.29, 0.717) is 30.5 Å². The lowest BCUT2D eigenvalue weighted by Gasteiger charge is -2.11. The molecular weight excluding hydrogens is 439 g/mol. The summed E-state index contributed by atoms with van der Waals surface area (Å²) in [5.74, 6) is 0.627. The summed E-state index contributed by atoms with van der Waals surface area (Å²) in [5.41, 5.74) is 4.15. The van der Waals surface area contributed by atoms with Gasteiger partial charge in [-0.3, -0.25) is 9.51 Å². The largest absolute Gasteiger partial charge is 0.496 e. The summed E-state index contributed by atoms with van der Waals surface area (Å²) in [4.78, 5) is 22.3. The average Bonchev–Trinajstić information content (AvgIpc) is 3.42. The Morgan fingerprint density at radius 3 is 2.65 bits per heavy atom. The van der Waals surface area contributed by atoms with E-state index in [2.05, 4.69) is 29.9 Å². The lowest BCUT2D eigenvalue weighted by atomic mass is 10.1. The van der Waals surface area contributed by atoms with Crippen LogP contribution in [0.1, 0.15) is 5.69 Å². The first-order valence-electron chi connectivity index (χ1n) is 10.6. The first kappa shape index (κ1) is 21.4. The maximum atomic E-state index is 14.0. The number of hydrogen-bond acceptors (Lipinski definition) is 7. The molecule has 0 fully saturated rings. The van der Waals surface area contributed by atoms with Crippen LogP contribution < -0.4 is 15.8 Å². The van der Waals surface area contributed by atoms with Gasteiger partial charge in [0, 0.05) is 47.4 Å². The van der Waals surface area contributed by atoms with Crippen LogP contribution in [0.2, 0.25) is 0 Å². The molecule has 0 amide bonds. The fraction of sp³-hybridized carbons (Fsp3) is 0.167. The Morgan fingerprint density at radius 2 is 1.91 bits per heavy atom. The molecule has 0 aliphatic heterocycles. The van der Waals surface area contributed by atoms with E-state index in [1.54, 1.807) is 0 Å². The molecule has 0 aliphatic rings. The molecule has 2 aromatic carbocycles. The SMILES string of the molecule is COc1cc(F)cc2c1cc(C)n2CCNc1cc(-c2ccc(-c3noc(=O)[nH]3)cc2)ncn1. The number of halogens is 1. The highest BCUT2D eigenvalue weighted by Crippen LogP contribution is 2.30. The molecule has 3 aromatic heterocycles. The lowest BCUT2D eigenvalue weighted by molar-refractivity contribution is 0.388. The third-order valence-corrected chi connectivity index (χ3v) is 5.58. The summed E-state index contributed by atoms with van der Waals surface area (Å²) in [6, 6.07) is 14.2. The van der Waals surface area contributed by atoms with Crippen molar-refractivity contribution in [1.82, 2.24) is 24.7 Å². The minimum Gasteiger partial charge on any atom is -0.496 e. The van der Waals surface area contributed by atoms with Crippen LogP contribution in [0, 0.1) is 12.7 Å². The Balaban J connectivity index is 1.30. The van der Waals surface area contributed by atoms with Crippen molar-refractivity contribution in [3.63, 3.8) is 0 Å². The normalized spacial score (nSPS) is 11.1. The van der Waals surface area contributed by atoms with Gasteiger partial charge in [-0.1, -0.05) is 29.4 Å². The lowest BCUT2D eigenvalue weighted by Crippen LogP contribution is -2.12. The molecule has 0 unspecified atom stereocenters. The van der Waals surface area contributed by atoms with Crippen LogP contribution in [-0.2, 0) is 6.54 Å². The van der Waals surface area contributed by atoms with Crippen molar-refractivity contribution >= 4 is 16.7 Å². The standard InChI is InChI=1S/C24H21FN6O3/c1-14-9-18-20(10-17(25)11-21(18)33-2)31(14)8-7-26-22-12-19(27-13-28-22)15-3-5-16(6-4-15)23-29-24(32)34-30-23/h3-6,9-13H,7-8H2,1-2H3,(H,26,27,28)(H,29,30,32). The molecule has 0 saturated carbocycles. The van der Waals surface area contributed by atoms with Gasteiger partial charge in [-0.05, 0) is 19.1 Å². The summed E-state index contributed by atoms with van der Waals surface area (Å²) in [7, 11) is 1.54. The van der Waals surface area contributed by atoms with Crippen LogP contribution in [0.25, 0.3) is 33.5 Å². The zero-order chi connectivity index (χ0) is 23.7. The van der Waals surface area contributed by atoms with Gasteiger partial charge in [-0.15, -0.1) is 0 Å². The first-order valence-corrected chi connectivity index (χ1v) is 10.6. The number of aryl methyl sites for hydroxylation is 1. The van der Waals surface area contributed by atoms with E-state index < -0.39 is 5.76 Å². The van der Waals surface area contributed by atoms with Crippen molar-refractivity contribution in [3.8, 4) is 28.4 Å². The minimum atomic E-state index is -0.599. The van der Waals surface area contributed by atoms with Crippen LogP contribution in [0.4, 0.5) is 10.2 Å². The second-order valence-electron chi connectivity index (χ2n) is 7.71. The molecule has 172 valence electrons. The highest BCUT2D eigenvalue weighted by Gasteiger charge is 2.12. The van der Waals surface area contributed by atoms with E-state index >= 15 is 0 Å². The number of fused-ring (bicyclic) bond motifs is 1. The molecule has 5 aromatic rings. The number of benzene rings is 2. The predicted molar refractivity (Wildman–Crippen MR) is 125 cm³/mol. The number of nitrogens with one attached hydrogen (secondary N) is 2. The summed E-state index contributed by atoms with van der Waals surface area (Å²) in [5, 5.41) is 7.88. The van der Waals surface area contributed by atoms with Crippen molar-refractivity contribution in [2.45, 2.75) is 13.5 Å². The van der Waals surface area contributed by atoms with E-state index in [4.69, 9.17) is 4.74 Å². The molecule has 34 heavy (non-hydrogen) atoms. The minimum absolute atomic E-state index is 0.335. The Morgan fingerprint density at radius 1 is 1.12 bits per heavy atom. The second kappa shape index (κ2) is 8.81. The molecule has 0 saturated heterocycles. The van der Waals surface area contributed by atoms with Crippen LogP contribution in [0.5, 0.6) is 5.75 Å². The Labute approximate surface area is 193 Å². The number of anilines is 1. The number of aromatic nitrogens is 5. The number of rotatable bonds is 7. The van der Waals surface area contributed by atoms with Gasteiger partial charge in [-0.2, -0.15) is 0 Å². The number of hydrogen-bond donors (Lipinski definition) is 2. The smallest absolute Gasteiger partial charge is 0.439 e. The number of H-pyrrole nitrogens is 1. The molecular formula is C24H21FN6O3. The quantitative estimate of drug-likeness (QED) is 0.378. The number of methoxy groups -OCH3 is 1. The molecule has 0 aliphatic carbocycles. The number of nitrogens with zero attached hydrogens (tertiary/aromatic N) is 4. The molecule has 0 radical (unpaired) electrons. The van der Waals surface area contributed by atoms with Crippen LogP contribution in [0.15, 0.2) is 64.2 Å². The molecule has 9 nitrogen and oxygen atoms in total. The van der Waals surface area contributed by atoms with Gasteiger partial charge in [0.15, 0.2) is 5.82 Å². The molecule has 2 N–H and O–H groups in total. The van der Waals surface area contributed by atoms with Crippen molar-refractivity contribution in [2.24, 2.45) is 0 Å². The van der Waals surface area contributed by atoms with E-state index in [1.165, 1.54) is 25.6 Å². The van der Waals surface area contributed by atoms with Gasteiger partial charge in [0.25, 0.3) is 0 Å².